The number of carboxylic acids is 1. The molecule has 0 saturated carbocycles. The summed E-state index contributed by atoms with van der Waals surface area (Å²) in [5, 5.41) is 8.57. The lowest BCUT2D eigenvalue weighted by molar-refractivity contribution is -0.137. The molecular weight excluding hydrogens is 242 g/mol. The van der Waals surface area contributed by atoms with Gasteiger partial charge >= 0.3 is 5.97 Å². The summed E-state index contributed by atoms with van der Waals surface area (Å²) in [5.74, 6) is -0.573. The number of carbonyl (C=O) groups excluding carboxylic acids is 1. The Hall–Kier alpha value is -1.84. The Morgan fingerprint density at radius 2 is 1.95 bits per heavy atom. The topological polar surface area (TPSA) is 57.6 Å². The Kier molecular flexibility index (Phi) is 4.55. The summed E-state index contributed by atoms with van der Waals surface area (Å²) < 4.78 is 0. The van der Waals surface area contributed by atoms with E-state index in [1.807, 2.05) is 23.1 Å². The number of fused-ring (bicyclic) bond motifs is 1. The minimum absolute atomic E-state index is 0.178. The number of rotatable bonds is 6. The predicted molar refractivity (Wildman–Crippen MR) is 73.2 cm³/mol. The number of hydrogen-bond acceptors (Lipinski definition) is 2. The number of anilines is 1. The summed E-state index contributed by atoms with van der Waals surface area (Å²) in [7, 11) is 0. The van der Waals surface area contributed by atoms with Gasteiger partial charge in [0.05, 0.1) is 0 Å². The van der Waals surface area contributed by atoms with Crippen molar-refractivity contribution in [2.24, 2.45) is 0 Å². The molecule has 0 aliphatic carbocycles. The first-order valence-electron chi connectivity index (χ1n) is 6.78. The van der Waals surface area contributed by atoms with Gasteiger partial charge in [0.25, 0.3) is 0 Å². The lowest BCUT2D eigenvalue weighted by Crippen LogP contribution is -2.35. The number of nitrogens with zero attached hydrogens (tertiary/aromatic N) is 1. The molecule has 19 heavy (non-hydrogen) atoms. The molecule has 0 bridgehead atoms. The third-order valence-electron chi connectivity index (χ3n) is 3.46. The van der Waals surface area contributed by atoms with E-state index in [-0.39, 0.29) is 12.3 Å². The molecule has 1 aliphatic rings. The smallest absolute Gasteiger partial charge is 0.303 e. The fourth-order valence-electron chi connectivity index (χ4n) is 2.46. The maximum atomic E-state index is 12.0. The molecule has 102 valence electrons. The number of para-hydroxylation sites is 1. The van der Waals surface area contributed by atoms with Crippen molar-refractivity contribution in [3.8, 4) is 0 Å². The number of hydrogen-bond donors (Lipinski definition) is 1. The van der Waals surface area contributed by atoms with Crippen LogP contribution < -0.4 is 4.90 Å². The lowest BCUT2D eigenvalue weighted by atomic mass is 10.0. The van der Waals surface area contributed by atoms with Gasteiger partial charge in [0.15, 0.2) is 0 Å². The van der Waals surface area contributed by atoms with Crippen LogP contribution in [-0.2, 0) is 16.0 Å². The van der Waals surface area contributed by atoms with Crippen LogP contribution >= 0.6 is 0 Å². The van der Waals surface area contributed by atoms with Gasteiger partial charge in [0.2, 0.25) is 5.91 Å². The van der Waals surface area contributed by atoms with E-state index >= 15 is 0 Å². The number of carboxylic acid groups (broad SMARTS) is 1. The Balaban J connectivity index is 1.89. The Bertz CT molecular complexity index is 470. The standard InChI is InChI=1S/C15H19NO3/c17-14-10-9-12-6-3-4-7-13(12)16(14)11-5-1-2-8-15(18)19/h3-4,6-7H,1-2,5,8-11H2,(H,18,19). The summed E-state index contributed by atoms with van der Waals surface area (Å²) in [6.45, 7) is 0.690. The summed E-state index contributed by atoms with van der Waals surface area (Å²) in [4.78, 5) is 24.2. The first-order valence-corrected chi connectivity index (χ1v) is 6.78. The van der Waals surface area contributed by atoms with Gasteiger partial charge in [-0.15, -0.1) is 0 Å². The van der Waals surface area contributed by atoms with E-state index in [1.54, 1.807) is 0 Å². The summed E-state index contributed by atoms with van der Waals surface area (Å²) in [5.41, 5.74) is 2.25. The molecule has 0 unspecified atom stereocenters. The van der Waals surface area contributed by atoms with Crippen LogP contribution in [0, 0.1) is 0 Å². The van der Waals surface area contributed by atoms with Crippen LogP contribution in [0.25, 0.3) is 0 Å². The molecule has 2 rings (SSSR count). The molecule has 1 heterocycles. The predicted octanol–water partition coefficient (Wildman–Crippen LogP) is 2.61. The number of benzene rings is 1. The number of carbonyl (C=O) groups is 2. The highest BCUT2D eigenvalue weighted by Crippen LogP contribution is 2.27. The van der Waals surface area contributed by atoms with Crippen molar-refractivity contribution in [1.29, 1.82) is 0 Å². The molecule has 4 nitrogen and oxygen atoms in total. The minimum atomic E-state index is -0.751. The highest BCUT2D eigenvalue weighted by Gasteiger charge is 2.22. The minimum Gasteiger partial charge on any atom is -0.481 e. The van der Waals surface area contributed by atoms with E-state index in [2.05, 4.69) is 6.07 Å². The number of amides is 1. The van der Waals surface area contributed by atoms with E-state index in [1.165, 1.54) is 5.56 Å². The fraction of sp³-hybridized carbons (Fsp3) is 0.467. The maximum Gasteiger partial charge on any atom is 0.303 e. The molecule has 1 N–H and O–H groups in total. The van der Waals surface area contributed by atoms with Crippen molar-refractivity contribution in [3.05, 3.63) is 29.8 Å². The molecule has 0 atom stereocenters. The normalized spacial score (nSPS) is 14.3. The van der Waals surface area contributed by atoms with Crippen molar-refractivity contribution >= 4 is 17.6 Å². The molecule has 1 aromatic rings. The van der Waals surface area contributed by atoms with E-state index in [4.69, 9.17) is 5.11 Å². The molecule has 1 aliphatic heterocycles. The van der Waals surface area contributed by atoms with E-state index < -0.39 is 5.97 Å². The van der Waals surface area contributed by atoms with Crippen LogP contribution in [0.4, 0.5) is 5.69 Å². The molecule has 1 aromatic carbocycles. The highest BCUT2D eigenvalue weighted by molar-refractivity contribution is 5.96. The van der Waals surface area contributed by atoms with Crippen LogP contribution in [0.3, 0.4) is 0 Å². The van der Waals surface area contributed by atoms with Crippen LogP contribution in [-0.4, -0.2) is 23.5 Å². The quantitative estimate of drug-likeness (QED) is 0.801. The van der Waals surface area contributed by atoms with Crippen molar-refractivity contribution in [2.75, 3.05) is 11.4 Å². The number of aryl methyl sites for hydroxylation is 1. The number of unbranched alkanes of at least 4 members (excludes halogenated alkanes) is 2. The molecule has 0 spiro atoms. The number of aliphatic carboxylic acids is 1. The Morgan fingerprint density at radius 3 is 2.74 bits per heavy atom. The molecule has 0 radical (unpaired) electrons. The van der Waals surface area contributed by atoms with Crippen molar-refractivity contribution in [2.45, 2.75) is 38.5 Å². The largest absolute Gasteiger partial charge is 0.481 e. The van der Waals surface area contributed by atoms with Gasteiger partial charge in [-0.3, -0.25) is 9.59 Å². The summed E-state index contributed by atoms with van der Waals surface area (Å²) >= 11 is 0. The average Bonchev–Trinajstić information content (AvgIpc) is 2.40. The zero-order chi connectivity index (χ0) is 13.7. The molecular formula is C15H19NO3. The highest BCUT2D eigenvalue weighted by atomic mass is 16.4. The van der Waals surface area contributed by atoms with Crippen LogP contribution in [0.2, 0.25) is 0 Å². The first kappa shape index (κ1) is 13.6. The molecule has 1 amide bonds. The zero-order valence-corrected chi connectivity index (χ0v) is 11.0. The Labute approximate surface area is 113 Å². The van der Waals surface area contributed by atoms with Crippen molar-refractivity contribution in [1.82, 2.24) is 0 Å². The summed E-state index contributed by atoms with van der Waals surface area (Å²) in [6, 6.07) is 8.01. The fourth-order valence-corrected chi connectivity index (χ4v) is 2.46. The Morgan fingerprint density at radius 1 is 1.16 bits per heavy atom. The maximum absolute atomic E-state index is 12.0. The summed E-state index contributed by atoms with van der Waals surface area (Å²) in [6.07, 6.45) is 3.99. The van der Waals surface area contributed by atoms with Gasteiger partial charge in [0.1, 0.15) is 0 Å². The third-order valence-corrected chi connectivity index (χ3v) is 3.46. The zero-order valence-electron chi connectivity index (χ0n) is 11.0. The van der Waals surface area contributed by atoms with Crippen molar-refractivity contribution < 1.29 is 14.7 Å². The third kappa shape index (κ3) is 3.56. The second-order valence-corrected chi connectivity index (χ2v) is 4.88. The first-order chi connectivity index (χ1) is 9.18. The van der Waals surface area contributed by atoms with Crippen LogP contribution in [0.5, 0.6) is 0 Å². The van der Waals surface area contributed by atoms with E-state index in [0.717, 1.165) is 24.9 Å². The van der Waals surface area contributed by atoms with Crippen molar-refractivity contribution in [3.63, 3.8) is 0 Å². The van der Waals surface area contributed by atoms with Crippen LogP contribution in [0.15, 0.2) is 24.3 Å². The molecule has 4 heteroatoms. The average molecular weight is 261 g/mol. The van der Waals surface area contributed by atoms with Gasteiger partial charge in [-0.1, -0.05) is 24.6 Å². The van der Waals surface area contributed by atoms with Gasteiger partial charge in [-0.25, -0.2) is 0 Å². The second kappa shape index (κ2) is 6.36. The van der Waals surface area contributed by atoms with Gasteiger partial charge in [-0.05, 0) is 30.9 Å². The van der Waals surface area contributed by atoms with Gasteiger partial charge in [-0.2, -0.15) is 0 Å². The second-order valence-electron chi connectivity index (χ2n) is 4.88. The van der Waals surface area contributed by atoms with E-state index in [9.17, 15) is 9.59 Å². The molecule has 0 fully saturated rings. The van der Waals surface area contributed by atoms with Gasteiger partial charge < -0.3 is 10.0 Å². The van der Waals surface area contributed by atoms with Gasteiger partial charge in [0, 0.05) is 25.1 Å². The lowest BCUT2D eigenvalue weighted by Gasteiger charge is -2.29. The van der Waals surface area contributed by atoms with Crippen LogP contribution in [0.1, 0.15) is 37.7 Å². The molecule has 0 saturated heterocycles. The van der Waals surface area contributed by atoms with E-state index in [0.29, 0.717) is 19.4 Å². The SMILES string of the molecule is O=C(O)CCCCCN1C(=O)CCc2ccccc21. The monoisotopic (exact) mass is 261 g/mol. The molecule has 0 aromatic heterocycles.